The highest BCUT2D eigenvalue weighted by Gasteiger charge is 2.02. The van der Waals surface area contributed by atoms with Gasteiger partial charge in [0.25, 0.3) is 0 Å². The van der Waals surface area contributed by atoms with Crippen molar-refractivity contribution in [2.75, 3.05) is 5.32 Å². The molecule has 0 saturated carbocycles. The summed E-state index contributed by atoms with van der Waals surface area (Å²) in [6, 6.07) is 10.3. The number of rotatable bonds is 3. The Balaban J connectivity index is 2.07. The SMILES string of the molecule is Cc1c(I)cccc1NCc1cc(C#N)cs1. The van der Waals surface area contributed by atoms with Gasteiger partial charge >= 0.3 is 0 Å². The Kier molecular flexibility index (Phi) is 4.02. The Labute approximate surface area is 118 Å². The third kappa shape index (κ3) is 2.99. The maximum absolute atomic E-state index is 8.75. The maximum atomic E-state index is 8.75. The fraction of sp³-hybridized carbons (Fsp3) is 0.154. The smallest absolute Gasteiger partial charge is 0.100 e. The minimum absolute atomic E-state index is 0.742. The van der Waals surface area contributed by atoms with Gasteiger partial charge in [-0.15, -0.1) is 11.3 Å². The second-order valence-corrected chi connectivity index (χ2v) is 5.84. The van der Waals surface area contributed by atoms with Crippen LogP contribution >= 0.6 is 33.9 Å². The van der Waals surface area contributed by atoms with E-state index in [1.165, 1.54) is 14.0 Å². The first-order valence-corrected chi connectivity index (χ1v) is 7.13. The van der Waals surface area contributed by atoms with Gasteiger partial charge in [0.05, 0.1) is 5.56 Å². The average Bonchev–Trinajstić information content (AvgIpc) is 2.79. The van der Waals surface area contributed by atoms with Crippen molar-refractivity contribution in [2.45, 2.75) is 13.5 Å². The standard InChI is InChI=1S/C13H11IN2S/c1-9-12(14)3-2-4-13(9)16-7-11-5-10(6-15)8-17-11/h2-5,8,16H,7H2,1H3. The van der Waals surface area contributed by atoms with Crippen molar-refractivity contribution in [3.63, 3.8) is 0 Å². The lowest BCUT2D eigenvalue weighted by Gasteiger charge is -2.09. The lowest BCUT2D eigenvalue weighted by molar-refractivity contribution is 1.17. The molecule has 0 spiro atoms. The van der Waals surface area contributed by atoms with E-state index in [0.29, 0.717) is 0 Å². The van der Waals surface area contributed by atoms with Crippen LogP contribution in [0.15, 0.2) is 29.6 Å². The third-order valence-electron chi connectivity index (χ3n) is 2.50. The molecule has 1 heterocycles. The van der Waals surface area contributed by atoms with Gasteiger partial charge in [0.2, 0.25) is 0 Å². The predicted octanol–water partition coefficient (Wildman–Crippen LogP) is 4.14. The Morgan fingerprint density at radius 1 is 1.47 bits per heavy atom. The maximum Gasteiger partial charge on any atom is 0.100 e. The average molecular weight is 354 g/mol. The quantitative estimate of drug-likeness (QED) is 0.841. The molecule has 17 heavy (non-hydrogen) atoms. The summed E-state index contributed by atoms with van der Waals surface area (Å²) in [6.45, 7) is 2.88. The van der Waals surface area contributed by atoms with E-state index in [0.717, 1.165) is 17.8 Å². The van der Waals surface area contributed by atoms with Crippen LogP contribution in [0.3, 0.4) is 0 Å². The van der Waals surface area contributed by atoms with E-state index in [1.54, 1.807) is 11.3 Å². The highest BCUT2D eigenvalue weighted by molar-refractivity contribution is 14.1. The van der Waals surface area contributed by atoms with Gasteiger partial charge in [-0.1, -0.05) is 6.07 Å². The largest absolute Gasteiger partial charge is 0.380 e. The molecule has 0 aliphatic heterocycles. The number of anilines is 1. The highest BCUT2D eigenvalue weighted by atomic mass is 127. The van der Waals surface area contributed by atoms with Crippen LogP contribution in [0.1, 0.15) is 16.0 Å². The lowest BCUT2D eigenvalue weighted by atomic mass is 10.2. The first-order valence-electron chi connectivity index (χ1n) is 5.17. The zero-order valence-corrected chi connectivity index (χ0v) is 12.3. The summed E-state index contributed by atoms with van der Waals surface area (Å²) in [7, 11) is 0. The number of hydrogen-bond donors (Lipinski definition) is 1. The number of hydrogen-bond acceptors (Lipinski definition) is 3. The molecular weight excluding hydrogens is 343 g/mol. The second-order valence-electron chi connectivity index (χ2n) is 3.68. The number of benzene rings is 1. The van der Waals surface area contributed by atoms with Crippen LogP contribution in [0.5, 0.6) is 0 Å². The molecule has 0 saturated heterocycles. The van der Waals surface area contributed by atoms with Crippen molar-refractivity contribution in [3.8, 4) is 6.07 Å². The zero-order chi connectivity index (χ0) is 12.3. The van der Waals surface area contributed by atoms with Gasteiger partial charge in [-0.05, 0) is 53.3 Å². The fourth-order valence-electron chi connectivity index (χ4n) is 1.51. The normalized spacial score (nSPS) is 9.94. The van der Waals surface area contributed by atoms with E-state index < -0.39 is 0 Å². The predicted molar refractivity (Wildman–Crippen MR) is 80.3 cm³/mol. The Morgan fingerprint density at radius 3 is 3.00 bits per heavy atom. The van der Waals surface area contributed by atoms with Crippen LogP contribution < -0.4 is 5.32 Å². The Bertz CT molecular complexity index is 569. The van der Waals surface area contributed by atoms with E-state index in [1.807, 2.05) is 17.5 Å². The van der Waals surface area contributed by atoms with Crippen molar-refractivity contribution < 1.29 is 0 Å². The molecule has 0 amide bonds. The summed E-state index contributed by atoms with van der Waals surface area (Å²) in [6.07, 6.45) is 0. The molecule has 0 radical (unpaired) electrons. The van der Waals surface area contributed by atoms with Crippen LogP contribution in [-0.2, 0) is 6.54 Å². The van der Waals surface area contributed by atoms with Gasteiger partial charge in [0, 0.05) is 26.1 Å². The van der Waals surface area contributed by atoms with E-state index in [4.69, 9.17) is 5.26 Å². The molecule has 86 valence electrons. The van der Waals surface area contributed by atoms with E-state index in [2.05, 4.69) is 53.0 Å². The van der Waals surface area contributed by atoms with Gasteiger partial charge < -0.3 is 5.32 Å². The second kappa shape index (κ2) is 5.52. The summed E-state index contributed by atoms with van der Waals surface area (Å²) in [5, 5.41) is 14.0. The minimum Gasteiger partial charge on any atom is -0.380 e. The van der Waals surface area contributed by atoms with Gasteiger partial charge in [0.15, 0.2) is 0 Å². The summed E-state index contributed by atoms with van der Waals surface area (Å²) in [5.74, 6) is 0. The number of nitriles is 1. The van der Waals surface area contributed by atoms with Crippen LogP contribution in [0, 0.1) is 21.8 Å². The molecule has 4 heteroatoms. The molecule has 0 unspecified atom stereocenters. The first kappa shape index (κ1) is 12.4. The summed E-state index contributed by atoms with van der Waals surface area (Å²) >= 11 is 3.95. The molecular formula is C13H11IN2S. The van der Waals surface area contributed by atoms with Crippen molar-refractivity contribution in [2.24, 2.45) is 0 Å². The fourth-order valence-corrected chi connectivity index (χ4v) is 2.76. The number of nitrogens with zero attached hydrogens (tertiary/aromatic N) is 1. The molecule has 1 aromatic heterocycles. The Morgan fingerprint density at radius 2 is 2.29 bits per heavy atom. The van der Waals surface area contributed by atoms with Crippen LogP contribution in [0.4, 0.5) is 5.69 Å². The molecule has 0 fully saturated rings. The molecule has 0 aliphatic carbocycles. The van der Waals surface area contributed by atoms with Gasteiger partial charge in [0.1, 0.15) is 6.07 Å². The van der Waals surface area contributed by atoms with E-state index >= 15 is 0 Å². The molecule has 2 rings (SSSR count). The number of nitrogens with one attached hydrogen (secondary N) is 1. The molecule has 2 nitrogen and oxygen atoms in total. The van der Waals surface area contributed by atoms with Gasteiger partial charge in [-0.3, -0.25) is 0 Å². The number of halogens is 1. The number of thiophene rings is 1. The molecule has 0 bridgehead atoms. The van der Waals surface area contributed by atoms with E-state index in [9.17, 15) is 0 Å². The molecule has 1 N–H and O–H groups in total. The molecule has 2 aromatic rings. The molecule has 0 atom stereocenters. The molecule has 1 aromatic carbocycles. The van der Waals surface area contributed by atoms with Gasteiger partial charge in [-0.25, -0.2) is 0 Å². The minimum atomic E-state index is 0.742. The highest BCUT2D eigenvalue weighted by Crippen LogP contribution is 2.22. The van der Waals surface area contributed by atoms with Crippen LogP contribution in [0.25, 0.3) is 0 Å². The van der Waals surface area contributed by atoms with Crippen LogP contribution in [-0.4, -0.2) is 0 Å². The van der Waals surface area contributed by atoms with Crippen molar-refractivity contribution in [3.05, 3.63) is 49.2 Å². The zero-order valence-electron chi connectivity index (χ0n) is 9.33. The summed E-state index contributed by atoms with van der Waals surface area (Å²) in [5.41, 5.74) is 3.17. The molecule has 0 aliphatic rings. The van der Waals surface area contributed by atoms with E-state index in [-0.39, 0.29) is 0 Å². The summed E-state index contributed by atoms with van der Waals surface area (Å²) in [4.78, 5) is 1.18. The monoisotopic (exact) mass is 354 g/mol. The Hall–Kier alpha value is -1.06. The van der Waals surface area contributed by atoms with Crippen molar-refractivity contribution in [1.82, 2.24) is 0 Å². The third-order valence-corrected chi connectivity index (χ3v) is 4.61. The van der Waals surface area contributed by atoms with Crippen molar-refractivity contribution >= 4 is 39.6 Å². The summed E-state index contributed by atoms with van der Waals surface area (Å²) < 4.78 is 1.26. The lowest BCUT2D eigenvalue weighted by Crippen LogP contribution is -2.00. The first-order chi connectivity index (χ1) is 8.20. The van der Waals surface area contributed by atoms with Crippen molar-refractivity contribution in [1.29, 1.82) is 5.26 Å². The van der Waals surface area contributed by atoms with Gasteiger partial charge in [-0.2, -0.15) is 5.26 Å². The topological polar surface area (TPSA) is 35.8 Å². The van der Waals surface area contributed by atoms with Crippen LogP contribution in [0.2, 0.25) is 0 Å².